The minimum Gasteiger partial charge on any atom is -0.481 e. The Labute approximate surface area is 125 Å². The van der Waals surface area contributed by atoms with E-state index in [-0.39, 0.29) is 6.10 Å². The van der Waals surface area contributed by atoms with Crippen molar-refractivity contribution in [1.82, 2.24) is 0 Å². The third-order valence-electron chi connectivity index (χ3n) is 4.70. The average molecular weight is 290 g/mol. The maximum atomic E-state index is 11.9. The van der Waals surface area contributed by atoms with E-state index in [1.807, 2.05) is 38.1 Å². The topological polar surface area (TPSA) is 55.8 Å². The zero-order chi connectivity index (χ0) is 15.1. The molecule has 1 atom stereocenters. The molecular formula is C17H22O4. The first kappa shape index (κ1) is 14.5. The summed E-state index contributed by atoms with van der Waals surface area (Å²) >= 11 is 0. The van der Waals surface area contributed by atoms with Crippen LogP contribution in [0.15, 0.2) is 24.3 Å². The number of hydrogen-bond donors (Lipinski definition) is 1. The van der Waals surface area contributed by atoms with Gasteiger partial charge in [-0.15, -0.1) is 0 Å². The molecule has 2 fully saturated rings. The van der Waals surface area contributed by atoms with Crippen molar-refractivity contribution in [3.05, 3.63) is 35.4 Å². The number of benzene rings is 1. The van der Waals surface area contributed by atoms with E-state index in [1.54, 1.807) is 0 Å². The highest BCUT2D eigenvalue weighted by Gasteiger charge is 2.46. The molecule has 1 aliphatic heterocycles. The second kappa shape index (κ2) is 5.11. The lowest BCUT2D eigenvalue weighted by Crippen LogP contribution is -2.34. The maximum Gasteiger partial charge on any atom is 0.314 e. The molecule has 1 aromatic rings. The molecule has 4 heteroatoms. The number of hydrogen-bond acceptors (Lipinski definition) is 3. The van der Waals surface area contributed by atoms with Crippen LogP contribution in [0.3, 0.4) is 0 Å². The molecule has 21 heavy (non-hydrogen) atoms. The normalized spacial score (nSPS) is 26.9. The lowest BCUT2D eigenvalue weighted by molar-refractivity contribution is -0.144. The van der Waals surface area contributed by atoms with Crippen molar-refractivity contribution in [3.63, 3.8) is 0 Å². The number of carboxylic acids is 1. The summed E-state index contributed by atoms with van der Waals surface area (Å²) < 4.78 is 11.6. The van der Waals surface area contributed by atoms with Crippen LogP contribution in [-0.2, 0) is 19.7 Å². The predicted octanol–water partition coefficient (Wildman–Crippen LogP) is 3.41. The van der Waals surface area contributed by atoms with Gasteiger partial charge in [0.05, 0.1) is 12.0 Å². The largest absolute Gasteiger partial charge is 0.481 e. The van der Waals surface area contributed by atoms with E-state index >= 15 is 0 Å². The standard InChI is InChI=1S/C17H22O4/c1-16(2)20-11-14(21-16)12-7-3-4-8-13(12)17(15(18)19)9-5-6-10-17/h3-4,7-8,14H,5-6,9-11H2,1-2H3,(H,18,19). The molecule has 0 bridgehead atoms. The fourth-order valence-electron chi connectivity index (χ4n) is 3.63. The monoisotopic (exact) mass is 290 g/mol. The van der Waals surface area contributed by atoms with Gasteiger partial charge >= 0.3 is 5.97 Å². The van der Waals surface area contributed by atoms with Gasteiger partial charge in [0.25, 0.3) is 0 Å². The van der Waals surface area contributed by atoms with Crippen molar-refractivity contribution in [2.24, 2.45) is 0 Å². The molecule has 3 rings (SSSR count). The van der Waals surface area contributed by atoms with Crippen LogP contribution in [0, 0.1) is 0 Å². The molecule has 0 amide bonds. The molecular weight excluding hydrogens is 268 g/mol. The second-order valence-corrected chi connectivity index (χ2v) is 6.50. The summed E-state index contributed by atoms with van der Waals surface area (Å²) in [5.41, 5.74) is 1.11. The Kier molecular flexibility index (Phi) is 3.54. The van der Waals surface area contributed by atoms with Crippen LogP contribution in [0.5, 0.6) is 0 Å². The van der Waals surface area contributed by atoms with Crippen molar-refractivity contribution < 1.29 is 19.4 Å². The smallest absolute Gasteiger partial charge is 0.314 e. The van der Waals surface area contributed by atoms with Gasteiger partial charge in [-0.25, -0.2) is 0 Å². The predicted molar refractivity (Wildman–Crippen MR) is 78.1 cm³/mol. The Morgan fingerprint density at radius 2 is 1.90 bits per heavy atom. The van der Waals surface area contributed by atoms with Crippen molar-refractivity contribution in [2.75, 3.05) is 6.61 Å². The number of ether oxygens (including phenoxy) is 2. The highest BCUT2D eigenvalue weighted by atomic mass is 16.7. The molecule has 4 nitrogen and oxygen atoms in total. The molecule has 0 radical (unpaired) electrons. The Morgan fingerprint density at radius 1 is 1.24 bits per heavy atom. The molecule has 1 N–H and O–H groups in total. The van der Waals surface area contributed by atoms with Gasteiger partial charge in [-0.1, -0.05) is 37.1 Å². The molecule has 0 spiro atoms. The van der Waals surface area contributed by atoms with E-state index in [2.05, 4.69) is 0 Å². The van der Waals surface area contributed by atoms with E-state index in [1.165, 1.54) is 0 Å². The van der Waals surface area contributed by atoms with E-state index in [0.29, 0.717) is 19.4 Å². The van der Waals surface area contributed by atoms with Gasteiger partial charge in [-0.05, 0) is 37.8 Å². The van der Waals surface area contributed by atoms with E-state index < -0.39 is 17.2 Å². The Bertz CT molecular complexity index is 543. The molecule has 2 aliphatic rings. The minimum atomic E-state index is -0.757. The molecule has 1 saturated carbocycles. The summed E-state index contributed by atoms with van der Waals surface area (Å²) in [4.78, 5) is 11.9. The van der Waals surface area contributed by atoms with Gasteiger partial charge in [0.2, 0.25) is 0 Å². The molecule has 1 aliphatic carbocycles. The molecule has 1 unspecified atom stereocenters. The molecule has 114 valence electrons. The molecule has 0 aromatic heterocycles. The summed E-state index contributed by atoms with van der Waals surface area (Å²) in [6.07, 6.45) is 3.16. The van der Waals surface area contributed by atoms with Gasteiger partial charge < -0.3 is 14.6 Å². The van der Waals surface area contributed by atoms with Gasteiger partial charge in [0, 0.05) is 0 Å². The van der Waals surface area contributed by atoms with Crippen LogP contribution in [0.1, 0.15) is 56.8 Å². The number of rotatable bonds is 3. The van der Waals surface area contributed by atoms with Gasteiger partial charge in [-0.3, -0.25) is 4.79 Å². The van der Waals surface area contributed by atoms with E-state index in [9.17, 15) is 9.90 Å². The highest BCUT2D eigenvalue weighted by molar-refractivity contribution is 5.82. The highest BCUT2D eigenvalue weighted by Crippen LogP contribution is 2.45. The lowest BCUT2D eigenvalue weighted by Gasteiger charge is -2.29. The van der Waals surface area contributed by atoms with Crippen LogP contribution in [0.4, 0.5) is 0 Å². The fourth-order valence-corrected chi connectivity index (χ4v) is 3.63. The van der Waals surface area contributed by atoms with Gasteiger partial charge in [0.1, 0.15) is 6.10 Å². The van der Waals surface area contributed by atoms with Crippen molar-refractivity contribution >= 4 is 5.97 Å². The van der Waals surface area contributed by atoms with Crippen LogP contribution >= 0.6 is 0 Å². The second-order valence-electron chi connectivity index (χ2n) is 6.50. The minimum absolute atomic E-state index is 0.187. The van der Waals surface area contributed by atoms with Crippen LogP contribution in [0.25, 0.3) is 0 Å². The van der Waals surface area contributed by atoms with Gasteiger partial charge in [0.15, 0.2) is 5.79 Å². The zero-order valence-electron chi connectivity index (χ0n) is 12.6. The number of aliphatic carboxylic acids is 1. The molecule has 1 saturated heterocycles. The summed E-state index contributed by atoms with van der Waals surface area (Å²) in [7, 11) is 0. The van der Waals surface area contributed by atoms with Crippen molar-refractivity contribution in [2.45, 2.75) is 56.8 Å². The fraction of sp³-hybridized carbons (Fsp3) is 0.588. The van der Waals surface area contributed by atoms with Crippen molar-refractivity contribution in [3.8, 4) is 0 Å². The van der Waals surface area contributed by atoms with Crippen molar-refractivity contribution in [1.29, 1.82) is 0 Å². The van der Waals surface area contributed by atoms with Gasteiger partial charge in [-0.2, -0.15) is 0 Å². The third kappa shape index (κ3) is 2.47. The summed E-state index contributed by atoms with van der Waals surface area (Å²) in [5, 5.41) is 9.82. The van der Waals surface area contributed by atoms with Crippen LogP contribution in [-0.4, -0.2) is 23.5 Å². The van der Waals surface area contributed by atoms with E-state index in [0.717, 1.165) is 24.0 Å². The number of carbonyl (C=O) groups is 1. The zero-order valence-corrected chi connectivity index (χ0v) is 12.6. The maximum absolute atomic E-state index is 11.9. The van der Waals surface area contributed by atoms with E-state index in [4.69, 9.17) is 9.47 Å². The molecule has 1 aromatic carbocycles. The van der Waals surface area contributed by atoms with Crippen LogP contribution < -0.4 is 0 Å². The first-order chi connectivity index (χ1) is 9.95. The summed E-state index contributed by atoms with van der Waals surface area (Å²) in [6, 6.07) is 7.79. The first-order valence-corrected chi connectivity index (χ1v) is 7.59. The SMILES string of the molecule is CC1(C)OCC(c2ccccc2C2(C(=O)O)CCCC2)O1. The molecule has 1 heterocycles. The average Bonchev–Trinajstić information content (AvgIpc) is 3.06. The number of carboxylic acid groups (broad SMARTS) is 1. The Balaban J connectivity index is 2.02. The summed E-state index contributed by atoms with van der Waals surface area (Å²) in [6.45, 7) is 4.25. The Morgan fingerprint density at radius 3 is 2.48 bits per heavy atom. The first-order valence-electron chi connectivity index (χ1n) is 7.59. The van der Waals surface area contributed by atoms with Crippen LogP contribution in [0.2, 0.25) is 0 Å². The lowest BCUT2D eigenvalue weighted by atomic mass is 9.76. The summed E-state index contributed by atoms with van der Waals surface area (Å²) in [5.74, 6) is -1.32. The third-order valence-corrected chi connectivity index (χ3v) is 4.70. The quantitative estimate of drug-likeness (QED) is 0.927. The Hall–Kier alpha value is -1.39.